The lowest BCUT2D eigenvalue weighted by molar-refractivity contribution is -0.319. The number of ether oxygens (including phenoxy) is 6. The van der Waals surface area contributed by atoms with Crippen LogP contribution in [0.2, 0.25) is 0 Å². The zero-order valence-corrected chi connectivity index (χ0v) is 34.6. The summed E-state index contributed by atoms with van der Waals surface area (Å²) < 4.78 is 37.4. The first-order chi connectivity index (χ1) is 24.3. The van der Waals surface area contributed by atoms with E-state index in [0.717, 1.165) is 0 Å². The van der Waals surface area contributed by atoms with Crippen LogP contribution in [0.4, 0.5) is 0 Å². The zero-order valence-electron chi connectivity index (χ0n) is 34.6. The highest BCUT2D eigenvalue weighted by Crippen LogP contribution is 2.41. The lowest BCUT2D eigenvalue weighted by Gasteiger charge is -2.49. The highest BCUT2D eigenvalue weighted by atomic mass is 16.7. The quantitative estimate of drug-likeness (QED) is 0.197. The van der Waals surface area contributed by atoms with Gasteiger partial charge in [-0.2, -0.15) is 0 Å². The van der Waals surface area contributed by atoms with E-state index in [9.17, 15) is 35.4 Å². The second kappa shape index (κ2) is 18.1. The molecule has 6 N–H and O–H groups in total. The number of carbonyl (C=O) groups is 1. The SMILES string of the molecule is CC[C@H]1OC(=O)[C@H](C)[C@@H](O[C@@H]2C[C@@](C)(OC)[C@@H](O)[C@H](C)O2)[C@H](C)[C@@H](O[C@@H]2O[C@H](C)C[C@H](N(C)C(C)C)[C@H]2O)[C@](C)(O)C[C@@H](C)[C@H](O)[C@H](C)[C@@H](O)[C@]1(C)O. The topological polar surface area (TPSA) is 197 Å². The van der Waals surface area contributed by atoms with E-state index in [2.05, 4.69) is 4.90 Å². The number of hydrogen-bond acceptors (Lipinski definition) is 14. The molecule has 3 saturated heterocycles. The summed E-state index contributed by atoms with van der Waals surface area (Å²) in [6.45, 7) is 20.8. The minimum absolute atomic E-state index is 0.0380. The summed E-state index contributed by atoms with van der Waals surface area (Å²) in [5.41, 5.74) is -4.72. The van der Waals surface area contributed by atoms with Crippen molar-refractivity contribution in [3.63, 3.8) is 0 Å². The molecule has 3 aliphatic rings. The molecular weight excluding hydrogens is 690 g/mol. The van der Waals surface area contributed by atoms with Crippen molar-refractivity contribution in [1.82, 2.24) is 4.90 Å². The van der Waals surface area contributed by atoms with Crippen LogP contribution in [-0.2, 0) is 33.2 Å². The molecule has 3 rings (SSSR count). The first-order valence-corrected chi connectivity index (χ1v) is 19.6. The van der Waals surface area contributed by atoms with Gasteiger partial charge in [0.2, 0.25) is 0 Å². The van der Waals surface area contributed by atoms with Crippen molar-refractivity contribution in [3.05, 3.63) is 0 Å². The molecule has 3 heterocycles. The predicted octanol–water partition coefficient (Wildman–Crippen LogP) is 2.36. The molecule has 312 valence electrons. The minimum atomic E-state index is -1.94. The first kappa shape index (κ1) is 46.4. The van der Waals surface area contributed by atoms with Gasteiger partial charge in [-0.3, -0.25) is 9.69 Å². The fourth-order valence-electron chi connectivity index (χ4n) is 8.86. The summed E-state index contributed by atoms with van der Waals surface area (Å²) in [5.74, 6) is -4.12. The Hall–Kier alpha value is -1.01. The summed E-state index contributed by atoms with van der Waals surface area (Å²) in [4.78, 5) is 16.2. The molecule has 19 atom stereocenters. The molecule has 0 amide bonds. The largest absolute Gasteiger partial charge is 0.459 e. The van der Waals surface area contributed by atoms with Gasteiger partial charge in [-0.15, -0.1) is 0 Å². The fraction of sp³-hybridized carbons (Fsp3) is 0.974. The molecule has 14 heteroatoms. The second-order valence-corrected chi connectivity index (χ2v) is 17.5. The third kappa shape index (κ3) is 10.1. The Morgan fingerprint density at radius 1 is 0.887 bits per heavy atom. The monoisotopic (exact) mass is 764 g/mol. The van der Waals surface area contributed by atoms with Crippen LogP contribution in [0, 0.1) is 23.7 Å². The van der Waals surface area contributed by atoms with Crippen LogP contribution in [0.3, 0.4) is 0 Å². The fourth-order valence-corrected chi connectivity index (χ4v) is 8.86. The van der Waals surface area contributed by atoms with Crippen LogP contribution in [0.25, 0.3) is 0 Å². The lowest BCUT2D eigenvalue weighted by Crippen LogP contribution is -2.62. The van der Waals surface area contributed by atoms with Crippen LogP contribution in [0.5, 0.6) is 0 Å². The maximum Gasteiger partial charge on any atom is 0.311 e. The van der Waals surface area contributed by atoms with Crippen LogP contribution in [0.15, 0.2) is 0 Å². The highest BCUT2D eigenvalue weighted by Gasteiger charge is 2.53. The number of aliphatic hydroxyl groups excluding tert-OH is 4. The Bertz CT molecular complexity index is 1170. The first-order valence-electron chi connectivity index (χ1n) is 19.6. The van der Waals surface area contributed by atoms with E-state index in [1.165, 1.54) is 14.0 Å². The van der Waals surface area contributed by atoms with E-state index in [1.807, 2.05) is 27.8 Å². The minimum Gasteiger partial charge on any atom is -0.459 e. The van der Waals surface area contributed by atoms with Crippen molar-refractivity contribution in [2.45, 2.75) is 205 Å². The highest BCUT2D eigenvalue weighted by molar-refractivity contribution is 5.73. The summed E-state index contributed by atoms with van der Waals surface area (Å²) in [6.07, 6.45) is -10.5. The molecule has 53 heavy (non-hydrogen) atoms. The van der Waals surface area contributed by atoms with Crippen molar-refractivity contribution in [3.8, 4) is 0 Å². The van der Waals surface area contributed by atoms with Crippen LogP contribution in [0.1, 0.15) is 109 Å². The molecule has 0 aromatic carbocycles. The molecule has 0 aromatic rings. The molecule has 0 unspecified atom stereocenters. The number of cyclic esters (lactones) is 1. The Morgan fingerprint density at radius 2 is 1.49 bits per heavy atom. The maximum absolute atomic E-state index is 14.2. The van der Waals surface area contributed by atoms with Crippen molar-refractivity contribution in [2.75, 3.05) is 14.2 Å². The molecule has 14 nitrogen and oxygen atoms in total. The average molecular weight is 764 g/mol. The van der Waals surface area contributed by atoms with Gasteiger partial charge in [-0.1, -0.05) is 27.7 Å². The van der Waals surface area contributed by atoms with Crippen LogP contribution < -0.4 is 0 Å². The molecular formula is C39H73NO13. The smallest absolute Gasteiger partial charge is 0.311 e. The predicted molar refractivity (Wildman–Crippen MR) is 196 cm³/mol. The zero-order chi connectivity index (χ0) is 40.5. The maximum atomic E-state index is 14.2. The van der Waals surface area contributed by atoms with E-state index in [-0.39, 0.29) is 37.5 Å². The van der Waals surface area contributed by atoms with Crippen molar-refractivity contribution < 1.29 is 63.9 Å². The number of aliphatic hydroxyl groups is 6. The second-order valence-electron chi connectivity index (χ2n) is 17.5. The Labute approximate surface area is 317 Å². The number of carbonyl (C=O) groups excluding carboxylic acids is 1. The number of esters is 1. The summed E-state index contributed by atoms with van der Waals surface area (Å²) in [6, 6.07) is -0.205. The van der Waals surface area contributed by atoms with E-state index in [0.29, 0.717) is 6.42 Å². The third-order valence-corrected chi connectivity index (χ3v) is 12.7. The van der Waals surface area contributed by atoms with Gasteiger partial charge >= 0.3 is 5.97 Å². The lowest BCUT2D eigenvalue weighted by atomic mass is 9.73. The Morgan fingerprint density at radius 3 is 2.04 bits per heavy atom. The molecule has 3 aliphatic heterocycles. The van der Waals surface area contributed by atoms with Crippen molar-refractivity contribution in [2.24, 2.45) is 23.7 Å². The standard InChI is InChI=1S/C39H73NO13/c1-15-27-39(12,47)32(43)22(6)29(41)20(4)17-37(10,46)34(53-36-30(42)26(16-21(5)49-36)40(13)19(2)3)23(7)31(24(8)35(45)51-27)52-28-18-38(11,48-14)33(44)25(9)50-28/h19-34,36,41-44,46-47H,15-18H2,1-14H3/t20-,21-,22+,23+,24-,25+,26+,27-,28-,29+,30-,31+,32-,33+,34-,36+,37-,38-,39-/m1/s1. The average Bonchev–Trinajstić information content (AvgIpc) is 3.08. The molecule has 0 radical (unpaired) electrons. The van der Waals surface area contributed by atoms with Gasteiger partial charge in [0.1, 0.15) is 23.9 Å². The van der Waals surface area contributed by atoms with Gasteiger partial charge in [0.25, 0.3) is 0 Å². The van der Waals surface area contributed by atoms with E-state index >= 15 is 0 Å². The molecule has 0 bridgehead atoms. The van der Waals surface area contributed by atoms with Crippen LogP contribution >= 0.6 is 0 Å². The molecule has 3 fully saturated rings. The molecule has 0 saturated carbocycles. The van der Waals surface area contributed by atoms with Gasteiger partial charge in [0.05, 0.1) is 53.7 Å². The number of hydrogen-bond donors (Lipinski definition) is 6. The van der Waals surface area contributed by atoms with Crippen molar-refractivity contribution >= 4 is 5.97 Å². The normalized spacial score (nSPS) is 49.8. The van der Waals surface area contributed by atoms with Crippen LogP contribution in [-0.4, -0.2) is 152 Å². The van der Waals surface area contributed by atoms with Gasteiger partial charge in [0, 0.05) is 37.5 Å². The number of methoxy groups -OCH3 is 1. The van der Waals surface area contributed by atoms with Gasteiger partial charge < -0.3 is 59.1 Å². The van der Waals surface area contributed by atoms with Gasteiger partial charge in [-0.05, 0) is 87.6 Å². The van der Waals surface area contributed by atoms with Crippen molar-refractivity contribution in [1.29, 1.82) is 0 Å². The Kier molecular flexibility index (Phi) is 15.8. The van der Waals surface area contributed by atoms with E-state index < -0.39 is 108 Å². The van der Waals surface area contributed by atoms with E-state index in [1.54, 1.807) is 55.4 Å². The molecule has 0 aromatic heterocycles. The summed E-state index contributed by atoms with van der Waals surface area (Å²) in [5, 5.41) is 69.8. The summed E-state index contributed by atoms with van der Waals surface area (Å²) in [7, 11) is 3.42. The third-order valence-electron chi connectivity index (χ3n) is 12.7. The Balaban J connectivity index is 2.19. The number of likely N-dealkylation sites (N-methyl/N-ethyl adjacent to an activating group) is 1. The van der Waals surface area contributed by atoms with E-state index in [4.69, 9.17) is 28.4 Å². The number of nitrogens with zero attached hydrogens (tertiary/aromatic N) is 1. The van der Waals surface area contributed by atoms with Gasteiger partial charge in [-0.25, -0.2) is 0 Å². The molecule has 0 aliphatic carbocycles. The number of rotatable bonds is 8. The van der Waals surface area contributed by atoms with Gasteiger partial charge in [0.15, 0.2) is 12.6 Å². The summed E-state index contributed by atoms with van der Waals surface area (Å²) >= 11 is 0. The molecule has 0 spiro atoms.